The van der Waals surface area contributed by atoms with E-state index in [0.29, 0.717) is 11.5 Å². The third-order valence-corrected chi connectivity index (χ3v) is 7.01. The molecule has 0 aliphatic heterocycles. The zero-order valence-corrected chi connectivity index (χ0v) is 21.9. The fourth-order valence-corrected chi connectivity index (χ4v) is 5.26. The van der Waals surface area contributed by atoms with Gasteiger partial charge in [-0.15, -0.1) is 0 Å². The molecule has 0 amide bonds. The van der Waals surface area contributed by atoms with E-state index in [0.717, 1.165) is 11.1 Å². The van der Waals surface area contributed by atoms with E-state index in [2.05, 4.69) is 115 Å². The molecule has 0 fully saturated rings. The summed E-state index contributed by atoms with van der Waals surface area (Å²) < 4.78 is 0. The van der Waals surface area contributed by atoms with E-state index < -0.39 is 0 Å². The molecular formula is C37H28N2. The van der Waals surface area contributed by atoms with Crippen molar-refractivity contribution in [2.45, 2.75) is 6.92 Å². The highest BCUT2D eigenvalue weighted by atomic mass is 14.9. The van der Waals surface area contributed by atoms with Gasteiger partial charge in [-0.05, 0) is 62.4 Å². The van der Waals surface area contributed by atoms with Crippen LogP contribution in [-0.4, -0.2) is 12.1 Å². The maximum Gasteiger partial charge on any atom is 0.159 e. The molecule has 0 saturated carbocycles. The first kappa shape index (κ1) is 24.3. The Morgan fingerprint density at radius 3 is 1.59 bits per heavy atom. The molecule has 2 heteroatoms. The van der Waals surface area contributed by atoms with Crippen molar-refractivity contribution >= 4 is 39.3 Å². The minimum Gasteiger partial charge on any atom is -0.241 e. The number of hydrogen-bond acceptors (Lipinski definition) is 1. The van der Waals surface area contributed by atoms with Crippen LogP contribution in [0.4, 0.5) is 0 Å². The summed E-state index contributed by atoms with van der Waals surface area (Å²) >= 11 is 0. The van der Waals surface area contributed by atoms with Crippen LogP contribution >= 0.6 is 0 Å². The molecule has 6 aromatic rings. The van der Waals surface area contributed by atoms with Gasteiger partial charge in [0.15, 0.2) is 5.84 Å². The minimum atomic E-state index is 0.640. The van der Waals surface area contributed by atoms with Crippen molar-refractivity contribution in [2.24, 2.45) is 9.98 Å². The summed E-state index contributed by atoms with van der Waals surface area (Å²) in [6.07, 6.45) is 1.79. The molecule has 0 spiro atoms. The monoisotopic (exact) mass is 500 g/mol. The van der Waals surface area contributed by atoms with Gasteiger partial charge in [0, 0.05) is 11.8 Å². The molecule has 0 unspecified atom stereocenters. The van der Waals surface area contributed by atoms with E-state index in [1.807, 2.05) is 37.3 Å². The first-order valence-electron chi connectivity index (χ1n) is 13.2. The largest absolute Gasteiger partial charge is 0.241 e. The summed E-state index contributed by atoms with van der Waals surface area (Å²) in [5.41, 5.74) is 7.44. The van der Waals surface area contributed by atoms with Crippen molar-refractivity contribution in [1.29, 1.82) is 0 Å². The van der Waals surface area contributed by atoms with Gasteiger partial charge < -0.3 is 0 Å². The highest BCUT2D eigenvalue weighted by Gasteiger charge is 2.17. The lowest BCUT2D eigenvalue weighted by Crippen LogP contribution is -2.00. The average molecular weight is 501 g/mol. The SMILES string of the molecule is C=C(N=C(N=CC)c1ccc2c(-c3ccccc3)c3ccccc3c(-c3ccccc3)c2c1)c1ccccc1. The molecule has 6 rings (SSSR count). The number of hydrogen-bond donors (Lipinski definition) is 0. The fraction of sp³-hybridized carbons (Fsp3) is 0.0270. The molecular weight excluding hydrogens is 472 g/mol. The van der Waals surface area contributed by atoms with Gasteiger partial charge in [-0.2, -0.15) is 0 Å². The van der Waals surface area contributed by atoms with E-state index in [9.17, 15) is 0 Å². The maximum atomic E-state index is 4.88. The van der Waals surface area contributed by atoms with Crippen molar-refractivity contribution in [2.75, 3.05) is 0 Å². The van der Waals surface area contributed by atoms with Gasteiger partial charge in [-0.1, -0.05) is 134 Å². The van der Waals surface area contributed by atoms with Crippen LogP contribution in [-0.2, 0) is 0 Å². The molecule has 0 N–H and O–H groups in total. The molecule has 0 aliphatic carbocycles. The summed E-state index contributed by atoms with van der Waals surface area (Å²) in [5.74, 6) is 0.640. The molecule has 0 heterocycles. The Bertz CT molecular complexity index is 1850. The van der Waals surface area contributed by atoms with Crippen LogP contribution in [0.3, 0.4) is 0 Å². The summed E-state index contributed by atoms with van der Waals surface area (Å²) in [5, 5.41) is 4.82. The van der Waals surface area contributed by atoms with E-state index in [1.54, 1.807) is 6.21 Å². The molecule has 186 valence electrons. The van der Waals surface area contributed by atoms with Crippen LogP contribution < -0.4 is 0 Å². The Balaban J connectivity index is 1.67. The highest BCUT2D eigenvalue weighted by molar-refractivity contribution is 6.22. The predicted octanol–water partition coefficient (Wildman–Crippen LogP) is 9.84. The second-order valence-electron chi connectivity index (χ2n) is 9.42. The fourth-order valence-electron chi connectivity index (χ4n) is 5.26. The second kappa shape index (κ2) is 10.7. The van der Waals surface area contributed by atoms with Crippen LogP contribution in [0, 0.1) is 0 Å². The Hall–Kier alpha value is -5.08. The molecule has 0 aromatic heterocycles. The predicted molar refractivity (Wildman–Crippen MR) is 169 cm³/mol. The van der Waals surface area contributed by atoms with Gasteiger partial charge in [0.05, 0.1) is 5.70 Å². The number of aliphatic imine (C=N–C) groups is 2. The van der Waals surface area contributed by atoms with Crippen LogP contribution in [0.1, 0.15) is 18.1 Å². The Labute approximate surface area is 229 Å². The van der Waals surface area contributed by atoms with Crippen molar-refractivity contribution in [3.8, 4) is 22.3 Å². The number of nitrogens with zero attached hydrogens (tertiary/aromatic N) is 2. The third-order valence-electron chi connectivity index (χ3n) is 7.01. The quantitative estimate of drug-likeness (QED) is 0.128. The molecule has 0 bridgehead atoms. The van der Waals surface area contributed by atoms with Crippen LogP contribution in [0.5, 0.6) is 0 Å². The maximum absolute atomic E-state index is 4.88. The normalized spacial score (nSPS) is 11.9. The van der Waals surface area contributed by atoms with Crippen molar-refractivity contribution < 1.29 is 0 Å². The summed E-state index contributed by atoms with van der Waals surface area (Å²) in [4.78, 5) is 9.56. The van der Waals surface area contributed by atoms with Crippen LogP contribution in [0.15, 0.2) is 150 Å². The average Bonchev–Trinajstić information content (AvgIpc) is 3.00. The van der Waals surface area contributed by atoms with Gasteiger partial charge in [0.25, 0.3) is 0 Å². The van der Waals surface area contributed by atoms with E-state index in [-0.39, 0.29) is 0 Å². The van der Waals surface area contributed by atoms with Crippen LogP contribution in [0.25, 0.3) is 49.5 Å². The summed E-state index contributed by atoms with van der Waals surface area (Å²) in [6.45, 7) is 6.15. The minimum absolute atomic E-state index is 0.640. The van der Waals surface area contributed by atoms with Crippen molar-refractivity contribution in [1.82, 2.24) is 0 Å². The highest BCUT2D eigenvalue weighted by Crippen LogP contribution is 2.43. The Morgan fingerprint density at radius 2 is 1.03 bits per heavy atom. The lowest BCUT2D eigenvalue weighted by molar-refractivity contribution is 1.46. The molecule has 0 atom stereocenters. The van der Waals surface area contributed by atoms with Gasteiger partial charge >= 0.3 is 0 Å². The lowest BCUT2D eigenvalue weighted by Gasteiger charge is -2.18. The van der Waals surface area contributed by atoms with Crippen LogP contribution in [0.2, 0.25) is 0 Å². The molecule has 0 radical (unpaired) electrons. The number of amidine groups is 1. The topological polar surface area (TPSA) is 24.7 Å². The smallest absolute Gasteiger partial charge is 0.159 e. The zero-order valence-electron chi connectivity index (χ0n) is 21.9. The molecule has 0 aliphatic rings. The van der Waals surface area contributed by atoms with Crippen molar-refractivity contribution in [3.63, 3.8) is 0 Å². The van der Waals surface area contributed by atoms with Crippen molar-refractivity contribution in [3.05, 3.63) is 151 Å². The second-order valence-corrected chi connectivity index (χ2v) is 9.42. The standard InChI is InChI=1S/C37H28N2/c1-3-38-37(39-26(2)27-15-7-4-8-16-27)30-23-24-33-34(25-30)36(29-19-11-6-12-20-29)32-22-14-13-21-31(32)35(33)28-17-9-5-10-18-28/h3-25H,2H2,1H3. The Morgan fingerprint density at radius 1 is 0.538 bits per heavy atom. The number of rotatable bonds is 5. The van der Waals surface area contributed by atoms with Gasteiger partial charge in [-0.25, -0.2) is 9.98 Å². The first-order chi connectivity index (χ1) is 19.2. The van der Waals surface area contributed by atoms with Gasteiger partial charge in [0.1, 0.15) is 0 Å². The van der Waals surface area contributed by atoms with E-state index in [1.165, 1.54) is 43.8 Å². The van der Waals surface area contributed by atoms with Gasteiger partial charge in [-0.3, -0.25) is 0 Å². The number of fused-ring (bicyclic) bond motifs is 2. The molecule has 2 nitrogen and oxygen atoms in total. The molecule has 39 heavy (non-hydrogen) atoms. The van der Waals surface area contributed by atoms with E-state index >= 15 is 0 Å². The zero-order chi connectivity index (χ0) is 26.6. The third kappa shape index (κ3) is 4.69. The summed E-state index contributed by atoms with van der Waals surface area (Å²) in [6, 6.07) is 46.6. The van der Waals surface area contributed by atoms with Gasteiger partial charge in [0.2, 0.25) is 0 Å². The van der Waals surface area contributed by atoms with E-state index in [4.69, 9.17) is 4.99 Å². The summed E-state index contributed by atoms with van der Waals surface area (Å²) in [7, 11) is 0. The molecule has 0 saturated heterocycles. The number of benzene rings is 6. The lowest BCUT2D eigenvalue weighted by atomic mass is 9.85. The first-order valence-corrected chi connectivity index (χ1v) is 13.2. The Kier molecular flexibility index (Phi) is 6.67. The molecule has 6 aromatic carbocycles.